The molecule has 0 bridgehead atoms. The molecular weight excluding hydrogens is 504 g/mol. The van der Waals surface area contributed by atoms with E-state index in [2.05, 4.69) is 27.5 Å². The number of halogens is 4. The van der Waals surface area contributed by atoms with Crippen molar-refractivity contribution < 1.29 is 17.9 Å². The lowest BCUT2D eigenvalue weighted by Crippen LogP contribution is -2.37. The molecule has 28 heavy (non-hydrogen) atoms. The van der Waals surface area contributed by atoms with Gasteiger partial charge in [-0.3, -0.25) is 4.99 Å². The molecule has 0 amide bonds. The van der Waals surface area contributed by atoms with Crippen LogP contribution in [0.1, 0.15) is 29.6 Å². The van der Waals surface area contributed by atoms with Crippen molar-refractivity contribution in [3.63, 3.8) is 0 Å². The Morgan fingerprint density at radius 1 is 1.29 bits per heavy atom. The van der Waals surface area contributed by atoms with Crippen LogP contribution < -0.4 is 15.4 Å². The number of hydrogen-bond acceptors (Lipinski definition) is 4. The van der Waals surface area contributed by atoms with Crippen molar-refractivity contribution in [2.75, 3.05) is 20.2 Å². The summed E-state index contributed by atoms with van der Waals surface area (Å²) in [5.74, 6) is 1.36. The minimum Gasteiger partial charge on any atom is -0.494 e. The quantitative estimate of drug-likeness (QED) is 0.302. The first kappa shape index (κ1) is 24.5. The van der Waals surface area contributed by atoms with Crippen LogP contribution in [0.15, 0.2) is 34.6 Å². The van der Waals surface area contributed by atoms with Crippen LogP contribution in [0.3, 0.4) is 0 Å². The molecule has 1 heterocycles. The van der Waals surface area contributed by atoms with Gasteiger partial charge < -0.3 is 15.4 Å². The van der Waals surface area contributed by atoms with Gasteiger partial charge >= 0.3 is 6.18 Å². The number of aromatic nitrogens is 1. The Bertz CT molecular complexity index is 752. The summed E-state index contributed by atoms with van der Waals surface area (Å²) in [5.41, 5.74) is 0.263. The highest BCUT2D eigenvalue weighted by atomic mass is 127. The number of hydrogen-bond donors (Lipinski definition) is 2. The number of nitrogens with zero attached hydrogens (tertiary/aromatic N) is 2. The first-order valence-corrected chi connectivity index (χ1v) is 9.48. The summed E-state index contributed by atoms with van der Waals surface area (Å²) in [6.45, 7) is 3.55. The molecule has 156 valence electrons. The van der Waals surface area contributed by atoms with Crippen molar-refractivity contribution in [2.45, 2.75) is 32.5 Å². The van der Waals surface area contributed by atoms with Gasteiger partial charge in [-0.25, -0.2) is 4.98 Å². The second-order valence-corrected chi connectivity index (χ2v) is 6.67. The molecule has 0 spiro atoms. The molecule has 2 N–H and O–H groups in total. The van der Waals surface area contributed by atoms with Crippen molar-refractivity contribution in [2.24, 2.45) is 4.99 Å². The van der Waals surface area contributed by atoms with Gasteiger partial charge in [0.15, 0.2) is 11.7 Å². The molecule has 0 saturated heterocycles. The fourth-order valence-electron chi connectivity index (χ4n) is 2.24. The van der Waals surface area contributed by atoms with Gasteiger partial charge in [0.25, 0.3) is 0 Å². The Hall–Kier alpha value is -1.56. The van der Waals surface area contributed by atoms with Crippen LogP contribution in [0.2, 0.25) is 0 Å². The van der Waals surface area contributed by atoms with E-state index in [1.807, 2.05) is 24.3 Å². The van der Waals surface area contributed by atoms with Gasteiger partial charge in [-0.1, -0.05) is 19.1 Å². The minimum absolute atomic E-state index is 0. The van der Waals surface area contributed by atoms with Crippen molar-refractivity contribution >= 4 is 41.3 Å². The third kappa shape index (κ3) is 8.21. The first-order chi connectivity index (χ1) is 12.9. The lowest BCUT2D eigenvalue weighted by Gasteiger charge is -2.11. The van der Waals surface area contributed by atoms with E-state index in [9.17, 15) is 13.2 Å². The fraction of sp³-hybridized carbons (Fsp3) is 0.444. The van der Waals surface area contributed by atoms with Gasteiger partial charge in [-0.2, -0.15) is 13.2 Å². The Balaban J connectivity index is 0.00000392. The number of nitrogens with one attached hydrogen (secondary N) is 2. The van der Waals surface area contributed by atoms with Crippen molar-refractivity contribution in [1.82, 2.24) is 15.6 Å². The van der Waals surface area contributed by atoms with Crippen LogP contribution in [-0.2, 0) is 19.1 Å². The highest BCUT2D eigenvalue weighted by molar-refractivity contribution is 14.0. The zero-order chi connectivity index (χ0) is 19.7. The molecule has 0 aliphatic carbocycles. The zero-order valence-electron chi connectivity index (χ0n) is 15.7. The molecule has 2 aromatic rings. The summed E-state index contributed by atoms with van der Waals surface area (Å²) < 4.78 is 43.3. The molecule has 0 fully saturated rings. The van der Waals surface area contributed by atoms with Crippen molar-refractivity contribution in [3.05, 3.63) is 45.9 Å². The second-order valence-electron chi connectivity index (χ2n) is 5.72. The van der Waals surface area contributed by atoms with Gasteiger partial charge in [0.2, 0.25) is 0 Å². The van der Waals surface area contributed by atoms with Gasteiger partial charge in [0, 0.05) is 19.0 Å². The van der Waals surface area contributed by atoms with Crippen LogP contribution in [0.25, 0.3) is 0 Å². The standard InChI is InChI=1S/C18H23F3N4OS.HI/c1-3-9-26-14-6-4-5-13(10-14)7-8-23-17(22-2)24-11-16-25-15(12-27-16)18(19,20)21;/h4-6,10,12H,3,7-9,11H2,1-2H3,(H2,22,23,24);1H. The SMILES string of the molecule is CCCOc1cccc(CCNC(=NC)NCc2nc(C(F)(F)F)cs2)c1.I. The van der Waals surface area contributed by atoms with Gasteiger partial charge in [-0.05, 0) is 30.5 Å². The van der Waals surface area contributed by atoms with Crippen LogP contribution in [0.5, 0.6) is 5.75 Å². The number of ether oxygens (including phenoxy) is 1. The second kappa shape index (κ2) is 12.1. The Kier molecular flexibility index (Phi) is 10.6. The van der Waals surface area contributed by atoms with Crippen LogP contribution in [0.4, 0.5) is 13.2 Å². The number of aliphatic imine (C=N–C) groups is 1. The Morgan fingerprint density at radius 2 is 2.07 bits per heavy atom. The topological polar surface area (TPSA) is 58.5 Å². The van der Waals surface area contributed by atoms with Crippen molar-refractivity contribution in [3.8, 4) is 5.75 Å². The molecule has 0 aliphatic heterocycles. The monoisotopic (exact) mass is 528 g/mol. The largest absolute Gasteiger partial charge is 0.494 e. The maximum absolute atomic E-state index is 12.6. The average Bonchev–Trinajstić information content (AvgIpc) is 3.12. The molecule has 5 nitrogen and oxygen atoms in total. The summed E-state index contributed by atoms with van der Waals surface area (Å²) in [7, 11) is 1.61. The molecule has 1 aromatic heterocycles. The van der Waals surface area contributed by atoms with Gasteiger partial charge in [0.1, 0.15) is 10.8 Å². The summed E-state index contributed by atoms with van der Waals surface area (Å²) in [4.78, 5) is 7.66. The molecule has 1 aromatic carbocycles. The summed E-state index contributed by atoms with van der Waals surface area (Å²) >= 11 is 0.967. The third-order valence-electron chi connectivity index (χ3n) is 3.55. The van der Waals surface area contributed by atoms with Crippen LogP contribution >= 0.6 is 35.3 Å². The fourth-order valence-corrected chi connectivity index (χ4v) is 2.98. The number of alkyl halides is 3. The summed E-state index contributed by atoms with van der Waals surface area (Å²) in [6, 6.07) is 7.90. The molecular formula is C18H24F3IN4OS. The molecule has 2 rings (SSSR count). The molecule has 0 aliphatic rings. The van der Waals surface area contributed by atoms with E-state index in [0.717, 1.165) is 40.9 Å². The summed E-state index contributed by atoms with van der Waals surface area (Å²) in [5, 5.41) is 7.48. The number of guanidine groups is 1. The predicted molar refractivity (Wildman–Crippen MR) is 117 cm³/mol. The molecule has 0 atom stereocenters. The van der Waals surface area contributed by atoms with E-state index in [1.54, 1.807) is 7.05 Å². The molecule has 0 radical (unpaired) electrons. The number of rotatable bonds is 8. The van der Waals surface area contributed by atoms with E-state index in [0.29, 0.717) is 24.1 Å². The maximum atomic E-state index is 12.6. The average molecular weight is 528 g/mol. The maximum Gasteiger partial charge on any atom is 0.434 e. The van der Waals surface area contributed by atoms with Gasteiger partial charge in [-0.15, -0.1) is 35.3 Å². The number of thiazole rings is 1. The molecule has 0 unspecified atom stereocenters. The smallest absolute Gasteiger partial charge is 0.434 e. The lowest BCUT2D eigenvalue weighted by molar-refractivity contribution is -0.140. The molecule has 0 saturated carbocycles. The first-order valence-electron chi connectivity index (χ1n) is 8.60. The van der Waals surface area contributed by atoms with Crippen molar-refractivity contribution in [1.29, 1.82) is 0 Å². The minimum atomic E-state index is -4.41. The van der Waals surface area contributed by atoms with E-state index in [-0.39, 0.29) is 30.5 Å². The normalized spacial score (nSPS) is 11.7. The number of benzene rings is 1. The molecule has 10 heteroatoms. The van der Waals surface area contributed by atoms with E-state index in [1.165, 1.54) is 0 Å². The van der Waals surface area contributed by atoms with Crippen LogP contribution in [0, 0.1) is 0 Å². The summed E-state index contributed by atoms with van der Waals surface area (Å²) in [6.07, 6.45) is -2.69. The third-order valence-corrected chi connectivity index (χ3v) is 4.40. The predicted octanol–water partition coefficient (Wildman–Crippen LogP) is 4.48. The van der Waals surface area contributed by atoms with Gasteiger partial charge in [0.05, 0.1) is 13.2 Å². The highest BCUT2D eigenvalue weighted by Gasteiger charge is 2.33. The van der Waals surface area contributed by atoms with Crippen LogP contribution in [-0.4, -0.2) is 31.1 Å². The Morgan fingerprint density at radius 3 is 2.71 bits per heavy atom. The van der Waals surface area contributed by atoms with E-state index in [4.69, 9.17) is 4.74 Å². The van der Waals surface area contributed by atoms with E-state index >= 15 is 0 Å². The zero-order valence-corrected chi connectivity index (χ0v) is 18.8. The highest BCUT2D eigenvalue weighted by Crippen LogP contribution is 2.29. The lowest BCUT2D eigenvalue weighted by atomic mass is 10.1. The Labute approximate surface area is 183 Å². The van der Waals surface area contributed by atoms with E-state index < -0.39 is 11.9 Å².